The topological polar surface area (TPSA) is 29.5 Å². The number of rotatable bonds is 6. The van der Waals surface area contributed by atoms with E-state index in [-0.39, 0.29) is 6.10 Å². The van der Waals surface area contributed by atoms with Crippen LogP contribution in [-0.4, -0.2) is 29.9 Å². The normalized spacial score (nSPS) is 22.6. The fraction of sp³-hybridized carbons (Fsp3) is 0.769. The van der Waals surface area contributed by atoms with Gasteiger partial charge in [0.25, 0.3) is 0 Å². The molecule has 2 unspecified atom stereocenters. The minimum atomic E-state index is 0.200. The molecule has 1 fully saturated rings. The van der Waals surface area contributed by atoms with Crippen LogP contribution in [0.4, 0.5) is 0 Å². The van der Waals surface area contributed by atoms with Gasteiger partial charge in [-0.2, -0.15) is 0 Å². The first-order valence-corrected chi connectivity index (χ1v) is 6.24. The zero-order chi connectivity index (χ0) is 12.0. The van der Waals surface area contributed by atoms with Gasteiger partial charge in [0.15, 0.2) is 5.88 Å². The summed E-state index contributed by atoms with van der Waals surface area (Å²) in [5.74, 6) is 0.737. The molecule has 1 saturated heterocycles. The van der Waals surface area contributed by atoms with E-state index in [1.165, 1.54) is 6.42 Å². The molecule has 0 aromatic heterocycles. The molecule has 16 heavy (non-hydrogen) atoms. The molecule has 1 rings (SSSR count). The number of hydrogen-bond donors (Lipinski definition) is 0. The Labute approximate surface area is 98.5 Å². The van der Waals surface area contributed by atoms with Crippen LogP contribution < -0.4 is 0 Å². The second-order valence-corrected chi connectivity index (χ2v) is 4.48. The van der Waals surface area contributed by atoms with E-state index in [0.29, 0.717) is 12.5 Å². The van der Waals surface area contributed by atoms with Crippen molar-refractivity contribution < 1.29 is 9.53 Å². The first-order valence-electron chi connectivity index (χ1n) is 6.24. The molecule has 0 amide bonds. The van der Waals surface area contributed by atoms with Crippen molar-refractivity contribution in [2.75, 3.05) is 6.54 Å². The zero-order valence-corrected chi connectivity index (χ0v) is 10.4. The third kappa shape index (κ3) is 3.54. The number of likely N-dealkylation sites (tertiary alicyclic amines) is 1. The molecule has 2 atom stereocenters. The van der Waals surface area contributed by atoms with Crippen LogP contribution in [0.15, 0.2) is 12.5 Å². The molecule has 1 aliphatic rings. The Morgan fingerprint density at radius 3 is 3.00 bits per heavy atom. The number of carbonyl (C=O) groups excluding carboxylic acids is 1. The van der Waals surface area contributed by atoms with E-state index in [1.54, 1.807) is 0 Å². The Kier molecular flexibility index (Phi) is 5.36. The van der Waals surface area contributed by atoms with Crippen LogP contribution in [0.3, 0.4) is 0 Å². The van der Waals surface area contributed by atoms with Gasteiger partial charge in [-0.15, -0.1) is 0 Å². The molecule has 1 heterocycles. The van der Waals surface area contributed by atoms with Crippen molar-refractivity contribution in [2.24, 2.45) is 0 Å². The highest BCUT2D eigenvalue weighted by atomic mass is 16.5. The van der Waals surface area contributed by atoms with Crippen LogP contribution in [0.25, 0.3) is 0 Å². The highest BCUT2D eigenvalue weighted by molar-refractivity contribution is 5.50. The summed E-state index contributed by atoms with van der Waals surface area (Å²) in [6, 6.07) is 0.294. The molecule has 0 spiro atoms. The quantitative estimate of drug-likeness (QED) is 0.514. The highest BCUT2D eigenvalue weighted by Crippen LogP contribution is 2.23. The summed E-state index contributed by atoms with van der Waals surface area (Å²) < 4.78 is 5.73. The molecule has 92 valence electrons. The monoisotopic (exact) mass is 225 g/mol. The van der Waals surface area contributed by atoms with E-state index in [1.807, 2.05) is 6.92 Å². The smallest absolute Gasteiger partial charge is 0.182 e. The summed E-state index contributed by atoms with van der Waals surface area (Å²) in [4.78, 5) is 12.8. The van der Waals surface area contributed by atoms with Gasteiger partial charge in [0.05, 0.1) is 6.10 Å². The van der Waals surface area contributed by atoms with E-state index < -0.39 is 0 Å². The average Bonchev–Trinajstić information content (AvgIpc) is 2.30. The van der Waals surface area contributed by atoms with Gasteiger partial charge in [0.1, 0.15) is 6.29 Å². The first-order chi connectivity index (χ1) is 7.69. The van der Waals surface area contributed by atoms with Crippen LogP contribution in [0.5, 0.6) is 0 Å². The number of piperidine rings is 1. The summed E-state index contributed by atoms with van der Waals surface area (Å²) in [5.41, 5.74) is 0. The lowest BCUT2D eigenvalue weighted by atomic mass is 10.0. The maximum Gasteiger partial charge on any atom is 0.182 e. The van der Waals surface area contributed by atoms with Gasteiger partial charge in [0, 0.05) is 19.0 Å². The predicted octanol–water partition coefficient (Wildman–Crippen LogP) is 2.72. The molecule has 1 aliphatic heterocycles. The average molecular weight is 225 g/mol. The summed E-state index contributed by atoms with van der Waals surface area (Å²) in [7, 11) is 0. The number of aldehydes is 1. The minimum absolute atomic E-state index is 0.200. The lowest BCUT2D eigenvalue weighted by Crippen LogP contribution is -2.40. The minimum Gasteiger partial charge on any atom is -0.477 e. The molecule has 0 aliphatic carbocycles. The maximum absolute atomic E-state index is 10.6. The molecule has 0 aromatic rings. The van der Waals surface area contributed by atoms with Crippen molar-refractivity contribution in [2.45, 2.75) is 58.1 Å². The van der Waals surface area contributed by atoms with Crippen LogP contribution in [0.2, 0.25) is 0 Å². The molecule has 0 N–H and O–H groups in total. The van der Waals surface area contributed by atoms with Crippen LogP contribution in [-0.2, 0) is 9.53 Å². The lowest BCUT2D eigenvalue weighted by Gasteiger charge is -2.38. The third-order valence-electron chi connectivity index (χ3n) is 3.23. The van der Waals surface area contributed by atoms with Crippen LogP contribution in [0, 0.1) is 0 Å². The van der Waals surface area contributed by atoms with Gasteiger partial charge >= 0.3 is 0 Å². The molecule has 3 heteroatoms. The van der Waals surface area contributed by atoms with Crippen molar-refractivity contribution in [3.63, 3.8) is 0 Å². The molecule has 0 radical (unpaired) electrons. The molecule has 0 saturated carbocycles. The summed E-state index contributed by atoms with van der Waals surface area (Å²) >= 11 is 0. The predicted molar refractivity (Wildman–Crippen MR) is 65.0 cm³/mol. The van der Waals surface area contributed by atoms with Crippen molar-refractivity contribution in [3.8, 4) is 0 Å². The van der Waals surface area contributed by atoms with E-state index in [2.05, 4.69) is 18.4 Å². The molecule has 0 bridgehead atoms. The van der Waals surface area contributed by atoms with Gasteiger partial charge in [-0.3, -0.25) is 0 Å². The van der Waals surface area contributed by atoms with E-state index in [0.717, 1.165) is 38.0 Å². The summed E-state index contributed by atoms with van der Waals surface area (Å²) in [6.07, 6.45) is 6.20. The number of hydrogen-bond acceptors (Lipinski definition) is 3. The number of nitrogens with zero attached hydrogens (tertiary/aromatic N) is 1. The third-order valence-corrected chi connectivity index (χ3v) is 3.23. The van der Waals surface area contributed by atoms with E-state index >= 15 is 0 Å². The summed E-state index contributed by atoms with van der Waals surface area (Å²) in [5, 5.41) is 0. The maximum atomic E-state index is 10.6. The standard InChI is InChI=1S/C13H23NO2/c1-4-11(2)16-12(3)14-9-6-5-7-13(14)8-10-15/h10-11,13H,3-9H2,1-2H3. The van der Waals surface area contributed by atoms with E-state index in [9.17, 15) is 4.79 Å². The Morgan fingerprint density at radius 1 is 1.62 bits per heavy atom. The van der Waals surface area contributed by atoms with Crippen molar-refractivity contribution in [1.82, 2.24) is 4.90 Å². The Bertz CT molecular complexity index is 240. The van der Waals surface area contributed by atoms with Crippen molar-refractivity contribution in [1.29, 1.82) is 0 Å². The fourth-order valence-electron chi connectivity index (χ4n) is 2.07. The number of carbonyl (C=O) groups is 1. The second kappa shape index (κ2) is 6.56. The van der Waals surface area contributed by atoms with Gasteiger partial charge in [0.2, 0.25) is 0 Å². The zero-order valence-electron chi connectivity index (χ0n) is 10.4. The molecular formula is C13H23NO2. The van der Waals surface area contributed by atoms with Crippen LogP contribution in [0.1, 0.15) is 46.0 Å². The fourth-order valence-corrected chi connectivity index (χ4v) is 2.07. The van der Waals surface area contributed by atoms with Gasteiger partial charge < -0.3 is 14.4 Å². The van der Waals surface area contributed by atoms with Crippen molar-refractivity contribution >= 4 is 6.29 Å². The van der Waals surface area contributed by atoms with Gasteiger partial charge in [-0.05, 0) is 39.2 Å². The van der Waals surface area contributed by atoms with Gasteiger partial charge in [-0.1, -0.05) is 6.92 Å². The van der Waals surface area contributed by atoms with Crippen molar-refractivity contribution in [3.05, 3.63) is 12.5 Å². The molecule has 3 nitrogen and oxygen atoms in total. The molecule has 0 aromatic carbocycles. The van der Waals surface area contributed by atoms with E-state index in [4.69, 9.17) is 4.74 Å². The van der Waals surface area contributed by atoms with Gasteiger partial charge in [-0.25, -0.2) is 0 Å². The Balaban J connectivity index is 2.53. The second-order valence-electron chi connectivity index (χ2n) is 4.48. The SMILES string of the molecule is C=C(OC(C)CC)N1CCCCC1CC=O. The lowest BCUT2D eigenvalue weighted by molar-refractivity contribution is -0.109. The Hall–Kier alpha value is -0.990. The number of ether oxygens (including phenoxy) is 1. The largest absolute Gasteiger partial charge is 0.477 e. The molecular weight excluding hydrogens is 202 g/mol. The first kappa shape index (κ1) is 13.1. The highest BCUT2D eigenvalue weighted by Gasteiger charge is 2.24. The van der Waals surface area contributed by atoms with Crippen LogP contribution >= 0.6 is 0 Å². The Morgan fingerprint density at radius 2 is 2.38 bits per heavy atom. The summed E-state index contributed by atoms with van der Waals surface area (Å²) in [6.45, 7) is 9.09.